The van der Waals surface area contributed by atoms with E-state index < -0.39 is 0 Å². The minimum Gasteiger partial charge on any atom is -0.296 e. The van der Waals surface area contributed by atoms with Gasteiger partial charge in [-0.2, -0.15) is 0 Å². The van der Waals surface area contributed by atoms with Gasteiger partial charge < -0.3 is 0 Å². The average Bonchev–Trinajstić information content (AvgIpc) is 2.18. The summed E-state index contributed by atoms with van der Waals surface area (Å²) in [6, 6.07) is 9.58. The molecule has 3 heteroatoms. The van der Waals surface area contributed by atoms with Crippen LogP contribution in [-0.2, 0) is 0 Å². The summed E-state index contributed by atoms with van der Waals surface area (Å²) in [6.07, 6.45) is 0.766. The van der Waals surface area contributed by atoms with E-state index in [0.29, 0.717) is 5.69 Å². The lowest BCUT2D eigenvalue weighted by atomic mass is 10.2. The normalized spacial score (nSPS) is 10.2. The fraction of sp³-hybridized carbons (Fsp3) is 0. The maximum atomic E-state index is 10.5. The number of hydrogen-bond donors (Lipinski definition) is 0. The Bertz CT molecular complexity index is 467. The van der Waals surface area contributed by atoms with Crippen molar-refractivity contribution in [3.8, 4) is 0 Å². The lowest BCUT2D eigenvalue weighted by molar-refractivity contribution is 0.111. The highest BCUT2D eigenvalue weighted by Gasteiger charge is 1.99. The predicted molar refractivity (Wildman–Crippen MR) is 59.8 cm³/mol. The van der Waals surface area contributed by atoms with Crippen LogP contribution in [0.25, 0.3) is 10.9 Å². The highest BCUT2D eigenvalue weighted by atomic mass is 127. The minimum atomic E-state index is 0.483. The molecule has 0 saturated carbocycles. The Morgan fingerprint density at radius 2 is 2.08 bits per heavy atom. The summed E-state index contributed by atoms with van der Waals surface area (Å²) in [5, 5.41) is 1.07. The van der Waals surface area contributed by atoms with Crippen LogP contribution in [0.4, 0.5) is 0 Å². The molecule has 1 heterocycles. The zero-order valence-corrected chi connectivity index (χ0v) is 8.86. The molecule has 0 aliphatic rings. The first kappa shape index (κ1) is 8.62. The van der Waals surface area contributed by atoms with Gasteiger partial charge in [0, 0.05) is 8.96 Å². The van der Waals surface area contributed by atoms with Crippen LogP contribution < -0.4 is 0 Å². The van der Waals surface area contributed by atoms with Crippen LogP contribution in [0.15, 0.2) is 30.3 Å². The Morgan fingerprint density at radius 3 is 2.85 bits per heavy atom. The maximum Gasteiger partial charge on any atom is 0.168 e. The van der Waals surface area contributed by atoms with Crippen molar-refractivity contribution >= 4 is 39.8 Å². The van der Waals surface area contributed by atoms with Crippen LogP contribution >= 0.6 is 22.6 Å². The standard InChI is InChI=1S/C10H6INO/c11-9-3-1-2-7-4-5-8(6-13)12-10(7)9/h1-6H. The molecule has 0 atom stereocenters. The van der Waals surface area contributed by atoms with Crippen LogP contribution in [0.2, 0.25) is 0 Å². The second-order valence-corrected chi connectivity index (χ2v) is 3.83. The van der Waals surface area contributed by atoms with Gasteiger partial charge in [-0.1, -0.05) is 18.2 Å². The molecule has 0 N–H and O–H groups in total. The molecule has 0 spiro atoms. The monoisotopic (exact) mass is 283 g/mol. The van der Waals surface area contributed by atoms with E-state index in [-0.39, 0.29) is 0 Å². The molecule has 2 aromatic rings. The smallest absolute Gasteiger partial charge is 0.168 e. The molecule has 2 rings (SSSR count). The van der Waals surface area contributed by atoms with Gasteiger partial charge in [0.1, 0.15) is 5.69 Å². The zero-order chi connectivity index (χ0) is 9.26. The molecular formula is C10H6INO. The van der Waals surface area contributed by atoms with E-state index in [1.165, 1.54) is 0 Å². The summed E-state index contributed by atoms with van der Waals surface area (Å²) in [5.41, 5.74) is 1.38. The Hall–Kier alpha value is -0.970. The summed E-state index contributed by atoms with van der Waals surface area (Å²) in [7, 11) is 0. The average molecular weight is 283 g/mol. The zero-order valence-electron chi connectivity index (χ0n) is 6.70. The molecular weight excluding hydrogens is 277 g/mol. The number of fused-ring (bicyclic) bond motifs is 1. The van der Waals surface area contributed by atoms with Gasteiger partial charge in [-0.3, -0.25) is 4.79 Å². The van der Waals surface area contributed by atoms with Crippen LogP contribution in [0, 0.1) is 3.57 Å². The first-order chi connectivity index (χ1) is 6.31. The van der Waals surface area contributed by atoms with Gasteiger partial charge in [-0.15, -0.1) is 0 Å². The number of carbonyl (C=O) groups excluding carboxylic acids is 1. The van der Waals surface area contributed by atoms with Crippen molar-refractivity contribution in [3.63, 3.8) is 0 Å². The van der Waals surface area contributed by atoms with Gasteiger partial charge in [-0.25, -0.2) is 4.98 Å². The van der Waals surface area contributed by atoms with Gasteiger partial charge in [-0.05, 0) is 34.7 Å². The molecule has 64 valence electrons. The van der Waals surface area contributed by atoms with Crippen LogP contribution in [0.3, 0.4) is 0 Å². The molecule has 2 nitrogen and oxygen atoms in total. The van der Waals surface area contributed by atoms with E-state index in [2.05, 4.69) is 27.6 Å². The summed E-state index contributed by atoms with van der Waals surface area (Å²) in [6.45, 7) is 0. The van der Waals surface area contributed by atoms with E-state index in [1.807, 2.05) is 24.3 Å². The first-order valence-corrected chi connectivity index (χ1v) is 4.89. The van der Waals surface area contributed by atoms with Gasteiger partial charge >= 0.3 is 0 Å². The molecule has 0 fully saturated rings. The molecule has 1 aromatic carbocycles. The van der Waals surface area contributed by atoms with Gasteiger partial charge in [0.2, 0.25) is 0 Å². The SMILES string of the molecule is O=Cc1ccc2cccc(I)c2n1. The second kappa shape index (κ2) is 3.41. The minimum absolute atomic E-state index is 0.483. The second-order valence-electron chi connectivity index (χ2n) is 2.67. The van der Waals surface area contributed by atoms with Gasteiger partial charge in [0.05, 0.1) is 5.52 Å². The number of hydrogen-bond acceptors (Lipinski definition) is 2. The largest absolute Gasteiger partial charge is 0.296 e. The third-order valence-corrected chi connectivity index (χ3v) is 2.68. The number of rotatable bonds is 1. The summed E-state index contributed by atoms with van der Waals surface area (Å²) in [5.74, 6) is 0. The Labute approximate surface area is 89.1 Å². The van der Waals surface area contributed by atoms with Crippen molar-refractivity contribution in [1.29, 1.82) is 0 Å². The Morgan fingerprint density at radius 1 is 1.23 bits per heavy atom. The summed E-state index contributed by atoms with van der Waals surface area (Å²) >= 11 is 2.21. The molecule has 0 aliphatic heterocycles. The number of nitrogens with zero attached hydrogens (tertiary/aromatic N) is 1. The van der Waals surface area contributed by atoms with Crippen molar-refractivity contribution in [3.05, 3.63) is 39.6 Å². The van der Waals surface area contributed by atoms with Gasteiger partial charge in [0.15, 0.2) is 6.29 Å². The molecule has 0 radical (unpaired) electrons. The third kappa shape index (κ3) is 1.56. The lowest BCUT2D eigenvalue weighted by Gasteiger charge is -1.99. The van der Waals surface area contributed by atoms with E-state index in [4.69, 9.17) is 0 Å². The number of carbonyl (C=O) groups is 1. The highest BCUT2D eigenvalue weighted by Crippen LogP contribution is 2.18. The fourth-order valence-electron chi connectivity index (χ4n) is 1.19. The fourth-order valence-corrected chi connectivity index (χ4v) is 1.83. The van der Waals surface area contributed by atoms with E-state index in [1.54, 1.807) is 6.07 Å². The number of halogens is 1. The quantitative estimate of drug-likeness (QED) is 0.595. The maximum absolute atomic E-state index is 10.5. The molecule has 0 aliphatic carbocycles. The first-order valence-electron chi connectivity index (χ1n) is 3.82. The van der Waals surface area contributed by atoms with Crippen LogP contribution in [0.5, 0.6) is 0 Å². The molecule has 1 aromatic heterocycles. The van der Waals surface area contributed by atoms with Crippen molar-refractivity contribution < 1.29 is 4.79 Å². The molecule has 0 amide bonds. The van der Waals surface area contributed by atoms with Gasteiger partial charge in [0.25, 0.3) is 0 Å². The summed E-state index contributed by atoms with van der Waals surface area (Å²) < 4.78 is 1.07. The third-order valence-electron chi connectivity index (χ3n) is 1.81. The number of benzene rings is 1. The van der Waals surface area contributed by atoms with E-state index in [9.17, 15) is 4.79 Å². The summed E-state index contributed by atoms with van der Waals surface area (Å²) in [4.78, 5) is 14.7. The topological polar surface area (TPSA) is 30.0 Å². The predicted octanol–water partition coefficient (Wildman–Crippen LogP) is 2.65. The Balaban J connectivity index is 2.81. The van der Waals surface area contributed by atoms with E-state index >= 15 is 0 Å². The number of aromatic nitrogens is 1. The highest BCUT2D eigenvalue weighted by molar-refractivity contribution is 14.1. The molecule has 0 bridgehead atoms. The Kier molecular flexibility index (Phi) is 2.26. The van der Waals surface area contributed by atoms with Crippen LogP contribution in [0.1, 0.15) is 10.5 Å². The lowest BCUT2D eigenvalue weighted by Crippen LogP contribution is -1.88. The van der Waals surface area contributed by atoms with Crippen molar-refractivity contribution in [2.45, 2.75) is 0 Å². The number of para-hydroxylation sites is 1. The number of pyridine rings is 1. The van der Waals surface area contributed by atoms with Crippen molar-refractivity contribution in [2.75, 3.05) is 0 Å². The number of aldehydes is 1. The molecule has 13 heavy (non-hydrogen) atoms. The van der Waals surface area contributed by atoms with Crippen molar-refractivity contribution in [2.24, 2.45) is 0 Å². The van der Waals surface area contributed by atoms with Crippen LogP contribution in [-0.4, -0.2) is 11.3 Å². The van der Waals surface area contributed by atoms with E-state index in [0.717, 1.165) is 20.8 Å². The molecule has 0 unspecified atom stereocenters. The molecule has 0 saturated heterocycles. The van der Waals surface area contributed by atoms with Crippen molar-refractivity contribution in [1.82, 2.24) is 4.98 Å².